The molecule has 0 atom stereocenters. The fraction of sp³-hybridized carbons (Fsp3) is 0.105. The Kier molecular flexibility index (Phi) is 3.91. The highest BCUT2D eigenvalue weighted by Crippen LogP contribution is 2.31. The van der Waals surface area contributed by atoms with Gasteiger partial charge in [-0.1, -0.05) is 54.6 Å². The Hall–Kier alpha value is -3.22. The third-order valence-electron chi connectivity index (χ3n) is 4.09. The molecule has 0 aliphatic rings. The van der Waals surface area contributed by atoms with Gasteiger partial charge in [0, 0.05) is 5.56 Å². The van der Waals surface area contributed by atoms with Gasteiger partial charge in [0.05, 0.1) is 12.1 Å². The van der Waals surface area contributed by atoms with Crippen molar-refractivity contribution in [3.63, 3.8) is 0 Å². The second-order valence-electron chi connectivity index (χ2n) is 5.86. The number of hydrogen-bond donors (Lipinski definition) is 0. The summed E-state index contributed by atoms with van der Waals surface area (Å²) in [5.41, 5.74) is 0.556. The molecule has 1 aromatic heterocycles. The summed E-state index contributed by atoms with van der Waals surface area (Å²) in [5.74, 6) is 0.163. The lowest BCUT2D eigenvalue weighted by Crippen LogP contribution is -2.05. The molecule has 130 valence electrons. The third kappa shape index (κ3) is 3.15. The van der Waals surface area contributed by atoms with Crippen LogP contribution in [0, 0.1) is 0 Å². The van der Waals surface area contributed by atoms with Gasteiger partial charge in [-0.2, -0.15) is 18.0 Å². The fourth-order valence-electron chi connectivity index (χ4n) is 2.84. The van der Waals surface area contributed by atoms with E-state index in [2.05, 4.69) is 15.4 Å². The van der Waals surface area contributed by atoms with Crippen molar-refractivity contribution in [2.75, 3.05) is 0 Å². The first kappa shape index (κ1) is 16.3. The van der Waals surface area contributed by atoms with Crippen molar-refractivity contribution in [1.82, 2.24) is 20.2 Å². The second kappa shape index (κ2) is 6.25. The summed E-state index contributed by atoms with van der Waals surface area (Å²) in [6, 6.07) is 18.8. The molecular weight excluding hydrogens is 341 g/mol. The standard InChI is InChI=1S/C19H13F3N4/c20-19(21,22)16-9-4-7-14(11-16)18-23-25-26(24-18)12-15-8-3-6-13-5-1-2-10-17(13)15/h1-11H,12H2. The SMILES string of the molecule is FC(F)(F)c1cccc(-c2nnn(Cc3cccc4ccccc34)n2)c1. The lowest BCUT2D eigenvalue weighted by Gasteiger charge is -2.07. The maximum Gasteiger partial charge on any atom is 0.416 e. The molecule has 0 fully saturated rings. The monoisotopic (exact) mass is 354 g/mol. The van der Waals surface area contributed by atoms with Crippen LogP contribution >= 0.6 is 0 Å². The Morgan fingerprint density at radius 3 is 2.50 bits per heavy atom. The normalized spacial score (nSPS) is 11.8. The number of fused-ring (bicyclic) bond motifs is 1. The number of benzene rings is 3. The summed E-state index contributed by atoms with van der Waals surface area (Å²) in [6.45, 7) is 0.382. The summed E-state index contributed by atoms with van der Waals surface area (Å²) in [4.78, 5) is 1.39. The van der Waals surface area contributed by atoms with E-state index in [0.29, 0.717) is 6.54 Å². The molecule has 4 rings (SSSR count). The minimum absolute atomic E-state index is 0.163. The van der Waals surface area contributed by atoms with Crippen molar-refractivity contribution in [3.8, 4) is 11.4 Å². The van der Waals surface area contributed by atoms with Crippen molar-refractivity contribution >= 4 is 10.8 Å². The first-order valence-corrected chi connectivity index (χ1v) is 7.93. The summed E-state index contributed by atoms with van der Waals surface area (Å²) in [6.07, 6.45) is -4.41. The van der Waals surface area contributed by atoms with Gasteiger partial charge in [-0.25, -0.2) is 0 Å². The lowest BCUT2D eigenvalue weighted by molar-refractivity contribution is -0.137. The van der Waals surface area contributed by atoms with Gasteiger partial charge < -0.3 is 0 Å². The quantitative estimate of drug-likeness (QED) is 0.542. The lowest BCUT2D eigenvalue weighted by atomic mass is 10.1. The van der Waals surface area contributed by atoms with Crippen molar-refractivity contribution < 1.29 is 13.2 Å². The van der Waals surface area contributed by atoms with Crippen LogP contribution in [0.2, 0.25) is 0 Å². The maximum atomic E-state index is 12.9. The number of aromatic nitrogens is 4. The molecule has 0 N–H and O–H groups in total. The molecule has 4 nitrogen and oxygen atoms in total. The first-order valence-electron chi connectivity index (χ1n) is 7.93. The minimum atomic E-state index is -4.41. The maximum absolute atomic E-state index is 12.9. The zero-order valence-electron chi connectivity index (χ0n) is 13.5. The van der Waals surface area contributed by atoms with Crippen LogP contribution in [0.25, 0.3) is 22.2 Å². The number of alkyl halides is 3. The molecule has 0 unspecified atom stereocenters. The number of tetrazole rings is 1. The smallest absolute Gasteiger partial charge is 0.166 e. The molecule has 1 heterocycles. The Morgan fingerprint density at radius 2 is 1.65 bits per heavy atom. The Labute approximate surface area is 146 Å². The van der Waals surface area contributed by atoms with Crippen molar-refractivity contribution in [3.05, 3.63) is 77.9 Å². The molecular formula is C19H13F3N4. The average Bonchev–Trinajstić information content (AvgIpc) is 3.10. The summed E-state index contributed by atoms with van der Waals surface area (Å²) in [5, 5.41) is 14.3. The molecule has 0 radical (unpaired) electrons. The molecule has 7 heteroatoms. The van der Waals surface area contributed by atoms with E-state index in [-0.39, 0.29) is 11.4 Å². The van der Waals surface area contributed by atoms with Crippen LogP contribution in [0.15, 0.2) is 66.7 Å². The average molecular weight is 354 g/mol. The Bertz CT molecular complexity index is 1060. The van der Waals surface area contributed by atoms with E-state index in [1.54, 1.807) is 0 Å². The van der Waals surface area contributed by atoms with Crippen molar-refractivity contribution in [2.45, 2.75) is 12.7 Å². The Balaban J connectivity index is 1.65. The number of rotatable bonds is 3. The topological polar surface area (TPSA) is 43.6 Å². The minimum Gasteiger partial charge on any atom is -0.166 e. The molecule has 4 aromatic rings. The summed E-state index contributed by atoms with van der Waals surface area (Å²) >= 11 is 0. The van der Waals surface area contributed by atoms with E-state index in [0.717, 1.165) is 28.5 Å². The molecule has 26 heavy (non-hydrogen) atoms. The summed E-state index contributed by atoms with van der Waals surface area (Å²) in [7, 11) is 0. The fourth-order valence-corrected chi connectivity index (χ4v) is 2.84. The molecule has 0 spiro atoms. The Morgan fingerprint density at radius 1 is 0.885 bits per heavy atom. The van der Waals surface area contributed by atoms with Gasteiger partial charge in [0.1, 0.15) is 0 Å². The second-order valence-corrected chi connectivity index (χ2v) is 5.86. The molecule has 0 aliphatic heterocycles. The van der Waals surface area contributed by atoms with Gasteiger partial charge in [0.15, 0.2) is 0 Å². The highest BCUT2D eigenvalue weighted by molar-refractivity contribution is 5.85. The zero-order valence-corrected chi connectivity index (χ0v) is 13.5. The largest absolute Gasteiger partial charge is 0.416 e. The van der Waals surface area contributed by atoms with Crippen LogP contribution in [0.3, 0.4) is 0 Å². The van der Waals surface area contributed by atoms with Gasteiger partial charge in [0.2, 0.25) is 5.82 Å². The molecule has 0 amide bonds. The van der Waals surface area contributed by atoms with E-state index < -0.39 is 11.7 Å². The number of hydrogen-bond acceptors (Lipinski definition) is 3. The van der Waals surface area contributed by atoms with Gasteiger partial charge in [-0.3, -0.25) is 0 Å². The van der Waals surface area contributed by atoms with E-state index >= 15 is 0 Å². The van der Waals surface area contributed by atoms with Crippen LogP contribution < -0.4 is 0 Å². The van der Waals surface area contributed by atoms with Gasteiger partial charge in [-0.05, 0) is 33.7 Å². The van der Waals surface area contributed by atoms with Gasteiger partial charge in [0.25, 0.3) is 0 Å². The van der Waals surface area contributed by atoms with Crippen molar-refractivity contribution in [2.24, 2.45) is 0 Å². The van der Waals surface area contributed by atoms with Crippen molar-refractivity contribution in [1.29, 1.82) is 0 Å². The van der Waals surface area contributed by atoms with Gasteiger partial charge in [-0.15, -0.1) is 10.2 Å². The number of halogens is 3. The van der Waals surface area contributed by atoms with Crippen LogP contribution in [0.4, 0.5) is 13.2 Å². The van der Waals surface area contributed by atoms with Crippen LogP contribution in [0.5, 0.6) is 0 Å². The number of nitrogens with zero attached hydrogens (tertiary/aromatic N) is 4. The highest BCUT2D eigenvalue weighted by atomic mass is 19.4. The molecule has 0 aliphatic carbocycles. The first-order chi connectivity index (χ1) is 12.5. The van der Waals surface area contributed by atoms with E-state index in [1.807, 2.05) is 42.5 Å². The van der Waals surface area contributed by atoms with Crippen LogP contribution in [-0.2, 0) is 12.7 Å². The molecule has 0 saturated heterocycles. The highest BCUT2D eigenvalue weighted by Gasteiger charge is 2.30. The predicted octanol–water partition coefficient (Wildman–Crippen LogP) is 4.56. The zero-order chi connectivity index (χ0) is 18.1. The van der Waals surface area contributed by atoms with E-state index in [1.165, 1.54) is 16.9 Å². The molecule has 0 saturated carbocycles. The molecule has 0 bridgehead atoms. The van der Waals surface area contributed by atoms with E-state index in [4.69, 9.17) is 0 Å². The predicted molar refractivity (Wildman–Crippen MR) is 91.3 cm³/mol. The molecule has 3 aromatic carbocycles. The van der Waals surface area contributed by atoms with Gasteiger partial charge >= 0.3 is 6.18 Å². The van der Waals surface area contributed by atoms with E-state index in [9.17, 15) is 13.2 Å². The summed E-state index contributed by atoms with van der Waals surface area (Å²) < 4.78 is 38.6. The third-order valence-corrected chi connectivity index (χ3v) is 4.09. The van der Waals surface area contributed by atoms with Crippen LogP contribution in [-0.4, -0.2) is 20.2 Å². The van der Waals surface area contributed by atoms with Crippen LogP contribution in [0.1, 0.15) is 11.1 Å².